The molecular weight excluding hydrogens is 350 g/mol. The molecule has 1 amide bonds. The minimum absolute atomic E-state index is 0.0790. The van der Waals surface area contributed by atoms with Crippen LogP contribution in [-0.4, -0.2) is 59.8 Å². The maximum Gasteiger partial charge on any atom is 0.407 e. The number of hydrogen-bond donors (Lipinski definition) is 2. The van der Waals surface area contributed by atoms with E-state index in [0.29, 0.717) is 6.54 Å². The van der Waals surface area contributed by atoms with Gasteiger partial charge in [-0.15, -0.1) is 11.3 Å². The van der Waals surface area contributed by atoms with Crippen molar-refractivity contribution in [1.82, 2.24) is 20.5 Å². The predicted molar refractivity (Wildman–Crippen MR) is 106 cm³/mol. The van der Waals surface area contributed by atoms with Crippen molar-refractivity contribution in [2.24, 2.45) is 4.99 Å². The lowest BCUT2D eigenvalue weighted by atomic mass is 10.2. The zero-order chi connectivity index (χ0) is 19.2. The molecule has 2 heterocycles. The molecule has 146 valence electrons. The number of nitrogens with one attached hydrogen (secondary N) is 2. The molecule has 7 nitrogen and oxygen atoms in total. The van der Waals surface area contributed by atoms with Crippen LogP contribution in [0.4, 0.5) is 4.79 Å². The molecule has 1 aromatic heterocycles. The number of alkyl carbamates (subject to hydrolysis) is 1. The van der Waals surface area contributed by atoms with Gasteiger partial charge in [-0.25, -0.2) is 9.78 Å². The number of hydrogen-bond acceptors (Lipinski definition) is 5. The molecule has 0 radical (unpaired) electrons. The fourth-order valence-corrected chi connectivity index (χ4v) is 3.52. The van der Waals surface area contributed by atoms with Gasteiger partial charge in [0.25, 0.3) is 0 Å². The molecule has 1 aliphatic rings. The van der Waals surface area contributed by atoms with Crippen molar-refractivity contribution in [3.63, 3.8) is 0 Å². The van der Waals surface area contributed by atoms with Crippen LogP contribution in [0.5, 0.6) is 0 Å². The van der Waals surface area contributed by atoms with E-state index in [4.69, 9.17) is 9.73 Å². The molecule has 0 saturated carbocycles. The molecule has 2 rings (SSSR count). The van der Waals surface area contributed by atoms with Crippen molar-refractivity contribution in [2.45, 2.75) is 59.1 Å². The highest BCUT2D eigenvalue weighted by Gasteiger charge is 2.27. The second-order valence-corrected chi connectivity index (χ2v) is 8.75. The first-order valence-electron chi connectivity index (χ1n) is 9.21. The number of ether oxygens (including phenoxy) is 1. The number of guanidine groups is 1. The summed E-state index contributed by atoms with van der Waals surface area (Å²) in [7, 11) is 0. The summed E-state index contributed by atoms with van der Waals surface area (Å²) in [5, 5.41) is 7.41. The molecule has 1 aromatic rings. The van der Waals surface area contributed by atoms with Gasteiger partial charge in [0.2, 0.25) is 0 Å². The molecule has 1 saturated heterocycles. The lowest BCUT2D eigenvalue weighted by Crippen LogP contribution is -2.44. The summed E-state index contributed by atoms with van der Waals surface area (Å²) in [6, 6.07) is 0.0790. The molecule has 1 fully saturated rings. The maximum absolute atomic E-state index is 11.9. The topological polar surface area (TPSA) is 78.9 Å². The molecule has 1 unspecified atom stereocenters. The second kappa shape index (κ2) is 9.21. The number of thiazole rings is 1. The van der Waals surface area contributed by atoms with Gasteiger partial charge in [-0.2, -0.15) is 0 Å². The average molecular weight is 382 g/mol. The summed E-state index contributed by atoms with van der Waals surface area (Å²) in [6.07, 6.45) is 3.28. The van der Waals surface area contributed by atoms with Gasteiger partial charge >= 0.3 is 6.09 Å². The van der Waals surface area contributed by atoms with Gasteiger partial charge in [-0.05, 0) is 41.0 Å². The van der Waals surface area contributed by atoms with Gasteiger partial charge < -0.3 is 20.3 Å². The zero-order valence-electron chi connectivity index (χ0n) is 16.5. The van der Waals surface area contributed by atoms with Crippen LogP contribution < -0.4 is 10.6 Å². The smallest absolute Gasteiger partial charge is 0.407 e. The van der Waals surface area contributed by atoms with Crippen molar-refractivity contribution < 1.29 is 9.53 Å². The third-order valence-electron chi connectivity index (χ3n) is 3.80. The van der Waals surface area contributed by atoms with Gasteiger partial charge in [0, 0.05) is 43.7 Å². The number of aliphatic imine (C=N–C) groups is 1. The Balaban J connectivity index is 1.85. The minimum Gasteiger partial charge on any atom is -0.444 e. The van der Waals surface area contributed by atoms with Gasteiger partial charge in [-0.1, -0.05) is 0 Å². The summed E-state index contributed by atoms with van der Waals surface area (Å²) in [6.45, 7) is 12.9. The Kier molecular flexibility index (Phi) is 7.25. The number of likely N-dealkylation sites (tertiary alicyclic amines) is 1. The Hall–Kier alpha value is -1.83. The highest BCUT2D eigenvalue weighted by molar-refractivity contribution is 7.11. The molecule has 1 atom stereocenters. The summed E-state index contributed by atoms with van der Waals surface area (Å²) >= 11 is 1.72. The lowest BCUT2D eigenvalue weighted by molar-refractivity contribution is 0.0507. The summed E-state index contributed by atoms with van der Waals surface area (Å²) in [4.78, 5) is 24.5. The van der Waals surface area contributed by atoms with E-state index >= 15 is 0 Å². The molecule has 26 heavy (non-hydrogen) atoms. The Morgan fingerprint density at radius 2 is 2.27 bits per heavy atom. The average Bonchev–Trinajstić information content (AvgIpc) is 3.13. The first kappa shape index (κ1) is 20.5. The number of aromatic nitrogens is 1. The van der Waals surface area contributed by atoms with Crippen LogP contribution >= 0.6 is 11.3 Å². The van der Waals surface area contributed by atoms with Crippen LogP contribution in [0.3, 0.4) is 0 Å². The van der Waals surface area contributed by atoms with E-state index in [2.05, 4.69) is 34.4 Å². The Morgan fingerprint density at radius 1 is 1.50 bits per heavy atom. The predicted octanol–water partition coefficient (Wildman–Crippen LogP) is 2.56. The highest BCUT2D eigenvalue weighted by atomic mass is 32.1. The first-order chi connectivity index (χ1) is 12.3. The summed E-state index contributed by atoms with van der Waals surface area (Å²) in [5.41, 5.74) is -0.479. The maximum atomic E-state index is 11.9. The molecule has 1 aliphatic heterocycles. The number of nitrogens with zero attached hydrogens (tertiary/aromatic N) is 3. The molecule has 0 spiro atoms. The fraction of sp³-hybridized carbons (Fsp3) is 0.722. The van der Waals surface area contributed by atoms with Crippen molar-refractivity contribution in [3.05, 3.63) is 16.1 Å². The van der Waals surface area contributed by atoms with Crippen LogP contribution in [0, 0.1) is 6.92 Å². The molecule has 8 heteroatoms. The Bertz CT molecular complexity index is 623. The van der Waals surface area contributed by atoms with Crippen molar-refractivity contribution in [2.75, 3.05) is 26.2 Å². The van der Waals surface area contributed by atoms with Crippen molar-refractivity contribution >= 4 is 23.4 Å². The molecular formula is C18H31N5O2S. The lowest BCUT2D eigenvalue weighted by Gasteiger charge is -2.23. The number of aryl methyl sites for hydroxylation is 1. The van der Waals surface area contributed by atoms with Crippen LogP contribution in [0.1, 0.15) is 44.0 Å². The SMILES string of the molecule is CCNC(=NCCc1ncc(C)s1)N1CCC(NC(=O)OC(C)(C)C)C1. The van der Waals surface area contributed by atoms with E-state index in [9.17, 15) is 4.79 Å². The quantitative estimate of drug-likeness (QED) is 0.605. The van der Waals surface area contributed by atoms with E-state index in [0.717, 1.165) is 43.4 Å². The Morgan fingerprint density at radius 3 is 2.88 bits per heavy atom. The van der Waals surface area contributed by atoms with Crippen LogP contribution in [0.2, 0.25) is 0 Å². The summed E-state index contributed by atoms with van der Waals surface area (Å²) in [5.74, 6) is 0.897. The van der Waals surface area contributed by atoms with Crippen LogP contribution in [0.15, 0.2) is 11.2 Å². The van der Waals surface area contributed by atoms with Gasteiger partial charge in [0.15, 0.2) is 5.96 Å². The molecule has 0 aromatic carbocycles. The highest BCUT2D eigenvalue weighted by Crippen LogP contribution is 2.13. The van der Waals surface area contributed by atoms with Crippen molar-refractivity contribution in [3.8, 4) is 0 Å². The van der Waals surface area contributed by atoms with Crippen molar-refractivity contribution in [1.29, 1.82) is 0 Å². The fourth-order valence-electron chi connectivity index (χ4n) is 2.74. The number of rotatable bonds is 5. The Labute approximate surface area is 160 Å². The summed E-state index contributed by atoms with van der Waals surface area (Å²) < 4.78 is 5.34. The third kappa shape index (κ3) is 6.82. The number of carbonyl (C=O) groups is 1. The van der Waals surface area contributed by atoms with Gasteiger partial charge in [0.1, 0.15) is 5.60 Å². The first-order valence-corrected chi connectivity index (χ1v) is 10.0. The third-order valence-corrected chi connectivity index (χ3v) is 4.77. The molecule has 2 N–H and O–H groups in total. The van der Waals surface area contributed by atoms with E-state index in [-0.39, 0.29) is 12.1 Å². The van der Waals surface area contributed by atoms with Gasteiger partial charge in [-0.3, -0.25) is 4.99 Å². The molecule has 0 aliphatic carbocycles. The normalized spacial score (nSPS) is 18.1. The van der Waals surface area contributed by atoms with E-state index in [1.54, 1.807) is 11.3 Å². The van der Waals surface area contributed by atoms with E-state index < -0.39 is 5.60 Å². The largest absolute Gasteiger partial charge is 0.444 e. The van der Waals surface area contributed by atoms with E-state index in [1.807, 2.05) is 27.0 Å². The standard InChI is InChI=1S/C18H31N5O2S/c1-6-19-16(20-9-7-15-21-11-13(2)26-15)23-10-8-14(12-23)22-17(24)25-18(3,4)5/h11,14H,6-10,12H2,1-5H3,(H,19,20)(H,22,24). The van der Waals surface area contributed by atoms with Crippen LogP contribution in [0.25, 0.3) is 0 Å². The molecule has 0 bridgehead atoms. The van der Waals surface area contributed by atoms with E-state index in [1.165, 1.54) is 4.88 Å². The number of amides is 1. The second-order valence-electron chi connectivity index (χ2n) is 7.43. The minimum atomic E-state index is -0.479. The number of carbonyl (C=O) groups excluding carboxylic acids is 1. The van der Waals surface area contributed by atoms with Crippen LogP contribution in [-0.2, 0) is 11.2 Å². The van der Waals surface area contributed by atoms with Gasteiger partial charge in [0.05, 0.1) is 11.0 Å². The zero-order valence-corrected chi connectivity index (χ0v) is 17.3. The monoisotopic (exact) mass is 381 g/mol.